The molecule has 0 aliphatic carbocycles. The normalized spacial score (nSPS) is 14.5. The molecule has 7 nitrogen and oxygen atoms in total. The SMILES string of the molecule is CCOC(=O)C1=C(c2ccccc2)N=c2s/c(=C\c3ccc(OCc4ccc(Br)cc4)c(OC)c3)c(=O)n2[C@H]1c1ccccc1. The number of hydrogen-bond acceptors (Lipinski definition) is 7. The minimum atomic E-state index is -0.720. The maximum absolute atomic E-state index is 14.1. The lowest BCUT2D eigenvalue weighted by atomic mass is 9.93. The highest BCUT2D eigenvalue weighted by Gasteiger charge is 2.35. The van der Waals surface area contributed by atoms with Crippen LogP contribution in [0.15, 0.2) is 123 Å². The fourth-order valence-corrected chi connectivity index (χ4v) is 6.44. The Labute approximate surface area is 272 Å². The third-order valence-electron chi connectivity index (χ3n) is 7.28. The van der Waals surface area contributed by atoms with Crippen molar-refractivity contribution in [3.8, 4) is 11.5 Å². The minimum Gasteiger partial charge on any atom is -0.493 e. The largest absolute Gasteiger partial charge is 0.493 e. The molecule has 5 aromatic rings. The van der Waals surface area contributed by atoms with Crippen LogP contribution in [0.25, 0.3) is 11.8 Å². The van der Waals surface area contributed by atoms with Gasteiger partial charge < -0.3 is 14.2 Å². The van der Waals surface area contributed by atoms with Crippen LogP contribution in [-0.4, -0.2) is 24.3 Å². The molecule has 1 aromatic heterocycles. The second-order valence-electron chi connectivity index (χ2n) is 10.2. The second-order valence-corrected chi connectivity index (χ2v) is 12.1. The van der Waals surface area contributed by atoms with E-state index in [-0.39, 0.29) is 12.2 Å². The zero-order chi connectivity index (χ0) is 31.3. The Morgan fingerprint density at radius 1 is 0.956 bits per heavy atom. The molecule has 4 aromatic carbocycles. The zero-order valence-electron chi connectivity index (χ0n) is 24.6. The lowest BCUT2D eigenvalue weighted by Crippen LogP contribution is -2.39. The van der Waals surface area contributed by atoms with Crippen molar-refractivity contribution in [1.82, 2.24) is 4.57 Å². The first kappa shape index (κ1) is 30.3. The Bertz CT molecular complexity index is 2050. The van der Waals surface area contributed by atoms with Crippen molar-refractivity contribution in [3.05, 3.63) is 155 Å². The molecule has 45 heavy (non-hydrogen) atoms. The summed E-state index contributed by atoms with van der Waals surface area (Å²) in [7, 11) is 1.58. The van der Waals surface area contributed by atoms with Crippen LogP contribution in [0.1, 0.15) is 35.2 Å². The van der Waals surface area contributed by atoms with E-state index in [0.717, 1.165) is 26.7 Å². The first-order valence-corrected chi connectivity index (χ1v) is 16.0. The quantitative estimate of drug-likeness (QED) is 0.171. The molecule has 0 amide bonds. The van der Waals surface area contributed by atoms with Crippen LogP contribution < -0.4 is 24.4 Å². The highest BCUT2D eigenvalue weighted by Crippen LogP contribution is 2.35. The molecule has 0 saturated carbocycles. The van der Waals surface area contributed by atoms with Crippen molar-refractivity contribution in [2.24, 2.45) is 4.99 Å². The predicted molar refractivity (Wildman–Crippen MR) is 179 cm³/mol. The van der Waals surface area contributed by atoms with Gasteiger partial charge in [-0.1, -0.05) is 106 Å². The van der Waals surface area contributed by atoms with Gasteiger partial charge in [-0.3, -0.25) is 9.36 Å². The van der Waals surface area contributed by atoms with E-state index >= 15 is 0 Å². The van der Waals surface area contributed by atoms with Crippen LogP contribution in [0.5, 0.6) is 11.5 Å². The number of esters is 1. The lowest BCUT2D eigenvalue weighted by molar-refractivity contribution is -0.138. The second kappa shape index (κ2) is 13.5. The van der Waals surface area contributed by atoms with E-state index in [0.29, 0.717) is 38.7 Å². The molecule has 0 unspecified atom stereocenters. The van der Waals surface area contributed by atoms with Crippen molar-refractivity contribution in [2.75, 3.05) is 13.7 Å². The lowest BCUT2D eigenvalue weighted by Gasteiger charge is -2.25. The summed E-state index contributed by atoms with van der Waals surface area (Å²) in [5.74, 6) is 0.633. The van der Waals surface area contributed by atoms with Gasteiger partial charge in [-0.25, -0.2) is 9.79 Å². The summed E-state index contributed by atoms with van der Waals surface area (Å²) in [5.41, 5.74) is 3.89. The smallest absolute Gasteiger partial charge is 0.338 e. The molecule has 226 valence electrons. The predicted octanol–water partition coefficient (Wildman–Crippen LogP) is 6.29. The van der Waals surface area contributed by atoms with E-state index in [1.165, 1.54) is 11.3 Å². The minimum absolute atomic E-state index is 0.195. The molecule has 0 spiro atoms. The molecule has 1 aliphatic rings. The first-order valence-electron chi connectivity index (χ1n) is 14.4. The average Bonchev–Trinajstić information content (AvgIpc) is 3.38. The number of aromatic nitrogens is 1. The number of halogens is 1. The monoisotopic (exact) mass is 680 g/mol. The number of ether oxygens (including phenoxy) is 3. The van der Waals surface area contributed by atoms with Crippen molar-refractivity contribution >= 4 is 45.0 Å². The maximum Gasteiger partial charge on any atom is 0.338 e. The number of benzene rings is 4. The fourth-order valence-electron chi connectivity index (χ4n) is 5.18. The third-order valence-corrected chi connectivity index (χ3v) is 8.79. The van der Waals surface area contributed by atoms with E-state index in [1.807, 2.05) is 109 Å². The number of hydrogen-bond donors (Lipinski definition) is 0. The molecule has 2 heterocycles. The molecule has 1 atom stereocenters. The van der Waals surface area contributed by atoms with Crippen LogP contribution in [0.2, 0.25) is 0 Å². The number of nitrogens with zero attached hydrogens (tertiary/aromatic N) is 2. The number of fused-ring (bicyclic) bond motifs is 1. The molecule has 6 rings (SSSR count). The Morgan fingerprint density at radius 3 is 2.36 bits per heavy atom. The Kier molecular flexibility index (Phi) is 9.09. The maximum atomic E-state index is 14.1. The van der Waals surface area contributed by atoms with Crippen LogP contribution in [-0.2, 0) is 16.1 Å². The number of carbonyl (C=O) groups excluding carboxylic acids is 1. The summed E-state index contributed by atoms with van der Waals surface area (Å²) in [6.07, 6.45) is 1.81. The first-order chi connectivity index (χ1) is 22.0. The number of carbonyl (C=O) groups is 1. The van der Waals surface area contributed by atoms with Crippen LogP contribution >= 0.6 is 27.3 Å². The zero-order valence-corrected chi connectivity index (χ0v) is 27.0. The van der Waals surface area contributed by atoms with E-state index in [4.69, 9.17) is 19.2 Å². The van der Waals surface area contributed by atoms with Gasteiger partial charge in [-0.2, -0.15) is 0 Å². The number of rotatable bonds is 9. The molecule has 0 saturated heterocycles. The van der Waals surface area contributed by atoms with Gasteiger partial charge in [0.25, 0.3) is 5.56 Å². The Morgan fingerprint density at radius 2 is 1.67 bits per heavy atom. The summed E-state index contributed by atoms with van der Waals surface area (Å²) in [6.45, 7) is 2.34. The van der Waals surface area contributed by atoms with E-state index in [9.17, 15) is 9.59 Å². The fraction of sp³-hybridized carbons (Fsp3) is 0.139. The van der Waals surface area contributed by atoms with Gasteiger partial charge in [0.2, 0.25) is 0 Å². The molecule has 0 fully saturated rings. The number of methoxy groups -OCH3 is 1. The highest BCUT2D eigenvalue weighted by molar-refractivity contribution is 9.10. The van der Waals surface area contributed by atoms with Gasteiger partial charge in [0.1, 0.15) is 6.61 Å². The molecule has 0 radical (unpaired) electrons. The van der Waals surface area contributed by atoms with E-state index in [1.54, 1.807) is 18.6 Å². The van der Waals surface area contributed by atoms with Crippen molar-refractivity contribution < 1.29 is 19.0 Å². The summed E-state index contributed by atoms with van der Waals surface area (Å²) in [6, 6.07) is 31.8. The van der Waals surface area contributed by atoms with Crippen LogP contribution in [0.4, 0.5) is 0 Å². The molecule has 1 aliphatic heterocycles. The number of thiazole rings is 1. The van der Waals surface area contributed by atoms with Gasteiger partial charge in [0.15, 0.2) is 16.3 Å². The van der Waals surface area contributed by atoms with Crippen LogP contribution in [0, 0.1) is 0 Å². The van der Waals surface area contributed by atoms with Gasteiger partial charge in [0.05, 0.1) is 35.6 Å². The molecule has 9 heteroatoms. The van der Waals surface area contributed by atoms with E-state index in [2.05, 4.69) is 15.9 Å². The molecule has 0 bridgehead atoms. The average molecular weight is 682 g/mol. The Balaban J connectivity index is 1.45. The highest BCUT2D eigenvalue weighted by atomic mass is 79.9. The van der Waals surface area contributed by atoms with Gasteiger partial charge in [-0.15, -0.1) is 0 Å². The summed E-state index contributed by atoms with van der Waals surface area (Å²) in [4.78, 5) is 33.1. The van der Waals surface area contributed by atoms with Gasteiger partial charge in [-0.05, 0) is 54.0 Å². The standard InChI is InChI=1S/C36H29BrN2O5S/c1-3-43-35(41)31-32(25-10-6-4-7-11-25)38-36-39(33(31)26-12-8-5-9-13-26)34(40)30(45-36)21-24-16-19-28(29(20-24)42-2)44-22-23-14-17-27(37)18-15-23/h4-21,33H,3,22H2,1-2H3/b30-21-/t33-/m0/s1. The van der Waals surface area contributed by atoms with Gasteiger partial charge >= 0.3 is 5.97 Å². The van der Waals surface area contributed by atoms with Crippen molar-refractivity contribution in [2.45, 2.75) is 19.6 Å². The van der Waals surface area contributed by atoms with Gasteiger partial charge in [0, 0.05) is 10.0 Å². The van der Waals surface area contributed by atoms with Crippen molar-refractivity contribution in [1.29, 1.82) is 0 Å². The summed E-state index contributed by atoms with van der Waals surface area (Å²) in [5, 5.41) is 0. The van der Waals surface area contributed by atoms with E-state index < -0.39 is 12.0 Å². The molecule has 0 N–H and O–H groups in total. The van der Waals surface area contributed by atoms with Crippen LogP contribution in [0.3, 0.4) is 0 Å². The molecular formula is C36H29BrN2O5S. The third kappa shape index (κ3) is 6.41. The Hall–Kier alpha value is -4.73. The molecular weight excluding hydrogens is 652 g/mol. The topological polar surface area (TPSA) is 79.1 Å². The summed E-state index contributed by atoms with van der Waals surface area (Å²) >= 11 is 4.72. The summed E-state index contributed by atoms with van der Waals surface area (Å²) < 4.78 is 20.3. The van der Waals surface area contributed by atoms with Crippen molar-refractivity contribution in [3.63, 3.8) is 0 Å².